The van der Waals surface area contributed by atoms with Crippen LogP contribution in [0.3, 0.4) is 0 Å². The van der Waals surface area contributed by atoms with Crippen LogP contribution in [0, 0.1) is 5.92 Å². The van der Waals surface area contributed by atoms with Crippen molar-refractivity contribution in [2.75, 3.05) is 0 Å². The molecule has 0 saturated heterocycles. The van der Waals surface area contributed by atoms with Gasteiger partial charge in [0.1, 0.15) is 6.04 Å². The van der Waals surface area contributed by atoms with E-state index < -0.39 is 17.9 Å². The van der Waals surface area contributed by atoms with Crippen molar-refractivity contribution in [1.82, 2.24) is 5.32 Å². The lowest BCUT2D eigenvalue weighted by Crippen LogP contribution is -2.45. The monoisotopic (exact) mass is 391 g/mol. The Balaban J connectivity index is 2.94. The van der Waals surface area contributed by atoms with Crippen molar-refractivity contribution in [2.24, 2.45) is 5.92 Å². The second kappa shape index (κ2) is 7.05. The maximum atomic E-state index is 12.1. The minimum atomic E-state index is -1.02. The van der Waals surface area contributed by atoms with Crippen molar-refractivity contribution < 1.29 is 14.7 Å². The molecule has 1 rings (SSSR count). The summed E-state index contributed by atoms with van der Waals surface area (Å²) in [7, 11) is 0. The summed E-state index contributed by atoms with van der Waals surface area (Å²) < 4.78 is 1.39. The summed E-state index contributed by atoms with van der Waals surface area (Å²) in [5, 5.41) is 11.7. The number of carboxylic acids is 1. The Hall–Kier alpha value is -0.880. The maximum absolute atomic E-state index is 12.1. The quantitative estimate of drug-likeness (QED) is 0.806. The van der Waals surface area contributed by atoms with E-state index in [2.05, 4.69) is 37.2 Å². The molecule has 0 heterocycles. The Kier molecular flexibility index (Phi) is 6.00. The predicted octanol–water partition coefficient (Wildman–Crippen LogP) is 3.44. The zero-order valence-electron chi connectivity index (χ0n) is 10.6. The first-order chi connectivity index (χ1) is 8.86. The third kappa shape index (κ3) is 4.31. The number of carbonyl (C=O) groups is 2. The molecule has 2 atom stereocenters. The van der Waals surface area contributed by atoms with Gasteiger partial charge in [-0.3, -0.25) is 4.79 Å². The van der Waals surface area contributed by atoms with Crippen LogP contribution in [0.5, 0.6) is 0 Å². The highest BCUT2D eigenvalue weighted by Crippen LogP contribution is 2.22. The van der Waals surface area contributed by atoms with E-state index in [9.17, 15) is 9.59 Å². The van der Waals surface area contributed by atoms with Crippen molar-refractivity contribution in [3.8, 4) is 0 Å². The largest absolute Gasteiger partial charge is 0.480 e. The molecule has 0 aliphatic heterocycles. The van der Waals surface area contributed by atoms with Crippen LogP contribution < -0.4 is 5.32 Å². The molecule has 1 aromatic rings. The number of halogens is 2. The van der Waals surface area contributed by atoms with E-state index >= 15 is 0 Å². The fourth-order valence-corrected chi connectivity index (χ4v) is 2.36. The van der Waals surface area contributed by atoms with E-state index in [1.807, 2.05) is 6.92 Å². The standard InChI is InChI=1S/C13H15Br2NO3/c1-3-7(2)11(13(18)19)16-12(17)9-6-8(14)4-5-10(9)15/h4-7,11H,3H2,1-2H3,(H,16,17)(H,18,19). The van der Waals surface area contributed by atoms with Crippen molar-refractivity contribution in [1.29, 1.82) is 0 Å². The first-order valence-corrected chi connectivity index (χ1v) is 7.44. The van der Waals surface area contributed by atoms with E-state index in [0.29, 0.717) is 16.5 Å². The summed E-state index contributed by atoms with van der Waals surface area (Å²) >= 11 is 6.57. The van der Waals surface area contributed by atoms with Gasteiger partial charge in [-0.1, -0.05) is 36.2 Å². The molecule has 1 aromatic carbocycles. The highest BCUT2D eigenvalue weighted by molar-refractivity contribution is 9.11. The van der Waals surface area contributed by atoms with Gasteiger partial charge in [0.15, 0.2) is 0 Å². The summed E-state index contributed by atoms with van der Waals surface area (Å²) in [5.41, 5.74) is 0.406. The number of benzene rings is 1. The van der Waals surface area contributed by atoms with Gasteiger partial charge in [-0.15, -0.1) is 0 Å². The Bertz CT molecular complexity index is 491. The summed E-state index contributed by atoms with van der Waals surface area (Å²) in [4.78, 5) is 23.3. The van der Waals surface area contributed by atoms with Crippen LogP contribution >= 0.6 is 31.9 Å². The van der Waals surface area contributed by atoms with Crippen LogP contribution in [0.1, 0.15) is 30.6 Å². The number of carbonyl (C=O) groups excluding carboxylic acids is 1. The Morgan fingerprint density at radius 2 is 2.00 bits per heavy atom. The smallest absolute Gasteiger partial charge is 0.326 e. The van der Waals surface area contributed by atoms with E-state index in [1.165, 1.54) is 0 Å². The number of amides is 1. The van der Waals surface area contributed by atoms with Gasteiger partial charge in [-0.25, -0.2) is 4.79 Å². The van der Waals surface area contributed by atoms with E-state index in [4.69, 9.17) is 5.11 Å². The molecule has 4 nitrogen and oxygen atoms in total. The minimum absolute atomic E-state index is 0.132. The molecule has 19 heavy (non-hydrogen) atoms. The third-order valence-electron chi connectivity index (χ3n) is 2.94. The fourth-order valence-electron chi connectivity index (χ4n) is 1.57. The average Bonchev–Trinajstić information content (AvgIpc) is 2.37. The topological polar surface area (TPSA) is 66.4 Å². The second-order valence-electron chi connectivity index (χ2n) is 4.30. The Morgan fingerprint density at radius 1 is 1.37 bits per heavy atom. The van der Waals surface area contributed by atoms with Crippen LogP contribution in [0.25, 0.3) is 0 Å². The van der Waals surface area contributed by atoms with Gasteiger partial charge in [0.25, 0.3) is 5.91 Å². The van der Waals surface area contributed by atoms with Gasteiger partial charge in [-0.2, -0.15) is 0 Å². The molecule has 1 amide bonds. The lowest BCUT2D eigenvalue weighted by atomic mass is 9.99. The molecule has 0 aliphatic rings. The zero-order chi connectivity index (χ0) is 14.6. The van der Waals surface area contributed by atoms with Gasteiger partial charge in [0, 0.05) is 8.95 Å². The minimum Gasteiger partial charge on any atom is -0.480 e. The molecule has 0 saturated carbocycles. The first kappa shape index (κ1) is 16.2. The number of hydrogen-bond donors (Lipinski definition) is 2. The summed E-state index contributed by atoms with van der Waals surface area (Å²) in [6, 6.07) is 4.29. The number of hydrogen-bond acceptors (Lipinski definition) is 2. The second-order valence-corrected chi connectivity index (χ2v) is 6.07. The molecule has 2 N–H and O–H groups in total. The fraction of sp³-hybridized carbons (Fsp3) is 0.385. The zero-order valence-corrected chi connectivity index (χ0v) is 13.8. The molecule has 0 radical (unpaired) electrons. The number of rotatable bonds is 5. The van der Waals surface area contributed by atoms with Gasteiger partial charge < -0.3 is 10.4 Å². The SMILES string of the molecule is CCC(C)C(NC(=O)c1cc(Br)ccc1Br)C(=O)O. The molecule has 0 aliphatic carbocycles. The first-order valence-electron chi connectivity index (χ1n) is 5.85. The predicted molar refractivity (Wildman–Crippen MR) is 80.2 cm³/mol. The Labute approximate surface area is 128 Å². The highest BCUT2D eigenvalue weighted by atomic mass is 79.9. The molecule has 0 bridgehead atoms. The van der Waals surface area contributed by atoms with Crippen LogP contribution in [0.2, 0.25) is 0 Å². The molecule has 0 spiro atoms. The van der Waals surface area contributed by atoms with Gasteiger partial charge in [-0.05, 0) is 40.0 Å². The average molecular weight is 393 g/mol. The van der Waals surface area contributed by atoms with Crippen molar-refractivity contribution in [3.63, 3.8) is 0 Å². The summed E-state index contributed by atoms with van der Waals surface area (Å²) in [5.74, 6) is -1.55. The number of nitrogens with one attached hydrogen (secondary N) is 1. The lowest BCUT2D eigenvalue weighted by molar-refractivity contribution is -0.140. The molecular formula is C13H15Br2NO3. The van der Waals surface area contributed by atoms with Crippen LogP contribution in [-0.2, 0) is 4.79 Å². The van der Waals surface area contributed by atoms with Crippen molar-refractivity contribution >= 4 is 43.7 Å². The van der Waals surface area contributed by atoms with Crippen molar-refractivity contribution in [3.05, 3.63) is 32.7 Å². The lowest BCUT2D eigenvalue weighted by Gasteiger charge is -2.20. The third-order valence-corrected chi connectivity index (χ3v) is 4.12. The van der Waals surface area contributed by atoms with Crippen LogP contribution in [-0.4, -0.2) is 23.0 Å². The highest BCUT2D eigenvalue weighted by Gasteiger charge is 2.26. The number of aliphatic carboxylic acids is 1. The summed E-state index contributed by atoms with van der Waals surface area (Å²) in [6.45, 7) is 3.69. The van der Waals surface area contributed by atoms with Gasteiger partial charge in [0.05, 0.1) is 5.56 Å². The van der Waals surface area contributed by atoms with E-state index in [0.717, 1.165) is 4.47 Å². The molecule has 6 heteroatoms. The normalized spacial score (nSPS) is 13.7. The summed E-state index contributed by atoms with van der Waals surface area (Å²) in [6.07, 6.45) is 0.677. The van der Waals surface area contributed by atoms with Crippen LogP contribution in [0.4, 0.5) is 0 Å². The molecular weight excluding hydrogens is 378 g/mol. The van der Waals surface area contributed by atoms with Gasteiger partial charge >= 0.3 is 5.97 Å². The van der Waals surface area contributed by atoms with E-state index in [1.54, 1.807) is 25.1 Å². The molecule has 2 unspecified atom stereocenters. The number of carboxylic acid groups (broad SMARTS) is 1. The molecule has 0 fully saturated rings. The molecule has 104 valence electrons. The maximum Gasteiger partial charge on any atom is 0.326 e. The Morgan fingerprint density at radius 3 is 2.53 bits per heavy atom. The molecule has 0 aromatic heterocycles. The van der Waals surface area contributed by atoms with E-state index in [-0.39, 0.29) is 5.92 Å². The van der Waals surface area contributed by atoms with Gasteiger partial charge in [0.2, 0.25) is 0 Å². The van der Waals surface area contributed by atoms with Crippen LogP contribution in [0.15, 0.2) is 27.1 Å². The van der Waals surface area contributed by atoms with Crippen molar-refractivity contribution in [2.45, 2.75) is 26.3 Å².